The second-order valence-corrected chi connectivity index (χ2v) is 21.7. The molecular weight excluding hydrogens is 875 g/mol. The van der Waals surface area contributed by atoms with Crippen molar-refractivity contribution in [2.45, 2.75) is 353 Å². The Morgan fingerprint density at radius 2 is 0.704 bits per heavy atom. The first-order valence-corrected chi connectivity index (χ1v) is 31.7. The van der Waals surface area contributed by atoms with Gasteiger partial charge in [-0.2, -0.15) is 0 Å². The number of carbonyl (C=O) groups excluding carboxylic acids is 2. The number of hydrogen-bond donors (Lipinski definition) is 3. The van der Waals surface area contributed by atoms with Crippen LogP contribution in [0, 0.1) is 0 Å². The largest absolute Gasteiger partial charge is 0.466 e. The van der Waals surface area contributed by atoms with Crippen molar-refractivity contribution < 1.29 is 24.5 Å². The van der Waals surface area contributed by atoms with Crippen LogP contribution in [0.4, 0.5) is 0 Å². The molecule has 0 aliphatic rings. The van der Waals surface area contributed by atoms with Crippen molar-refractivity contribution in [1.82, 2.24) is 5.32 Å². The molecule has 0 rings (SSSR count). The Kier molecular flexibility index (Phi) is 59.0. The molecule has 71 heavy (non-hydrogen) atoms. The summed E-state index contributed by atoms with van der Waals surface area (Å²) in [7, 11) is 0. The molecule has 0 aliphatic carbocycles. The third kappa shape index (κ3) is 57.2. The van der Waals surface area contributed by atoms with Crippen LogP contribution in [0.1, 0.15) is 341 Å². The zero-order valence-electron chi connectivity index (χ0n) is 47.7. The fraction of sp³-hybridized carbons (Fsp3) is 0.877. The van der Waals surface area contributed by atoms with Gasteiger partial charge in [0.2, 0.25) is 5.91 Å². The first kappa shape index (κ1) is 69.1. The van der Waals surface area contributed by atoms with E-state index in [4.69, 9.17) is 4.74 Å². The highest BCUT2D eigenvalue weighted by Crippen LogP contribution is 2.17. The van der Waals surface area contributed by atoms with Gasteiger partial charge in [-0.1, -0.05) is 281 Å². The summed E-state index contributed by atoms with van der Waals surface area (Å²) in [5.74, 6) is -0.0353. The summed E-state index contributed by atoms with van der Waals surface area (Å²) < 4.78 is 5.49. The van der Waals surface area contributed by atoms with Gasteiger partial charge in [-0.15, -0.1) is 0 Å². The first-order chi connectivity index (χ1) is 35.0. The van der Waals surface area contributed by atoms with Crippen LogP contribution in [0.3, 0.4) is 0 Å². The number of esters is 1. The van der Waals surface area contributed by atoms with Gasteiger partial charge >= 0.3 is 5.97 Å². The molecule has 418 valence electrons. The van der Waals surface area contributed by atoms with Gasteiger partial charge in [0, 0.05) is 12.8 Å². The predicted molar refractivity (Wildman–Crippen MR) is 310 cm³/mol. The average molecular weight is 999 g/mol. The third-order valence-corrected chi connectivity index (χ3v) is 14.7. The fourth-order valence-corrected chi connectivity index (χ4v) is 9.78. The maximum absolute atomic E-state index is 12.5. The molecule has 0 bridgehead atoms. The maximum Gasteiger partial charge on any atom is 0.305 e. The minimum Gasteiger partial charge on any atom is -0.466 e. The van der Waals surface area contributed by atoms with Crippen molar-refractivity contribution in [3.63, 3.8) is 0 Å². The lowest BCUT2D eigenvalue weighted by Gasteiger charge is -2.22. The van der Waals surface area contributed by atoms with Gasteiger partial charge in [0.25, 0.3) is 0 Å². The molecular formula is C65H123NO5. The second kappa shape index (κ2) is 60.6. The minimum atomic E-state index is -0.667. The van der Waals surface area contributed by atoms with E-state index in [0.717, 1.165) is 51.4 Å². The molecule has 0 aliphatic heterocycles. The lowest BCUT2D eigenvalue weighted by Crippen LogP contribution is -2.45. The number of rotatable bonds is 59. The molecule has 2 unspecified atom stereocenters. The highest BCUT2D eigenvalue weighted by Gasteiger charge is 2.20. The van der Waals surface area contributed by atoms with Crippen LogP contribution < -0.4 is 5.32 Å². The van der Waals surface area contributed by atoms with Crippen LogP contribution in [-0.2, 0) is 14.3 Å². The van der Waals surface area contributed by atoms with E-state index in [1.807, 2.05) is 0 Å². The number of aliphatic hydroxyl groups excluding tert-OH is 2. The van der Waals surface area contributed by atoms with Gasteiger partial charge in [0.1, 0.15) is 0 Å². The zero-order valence-corrected chi connectivity index (χ0v) is 47.7. The zero-order chi connectivity index (χ0) is 51.4. The Labute approximate surface area is 443 Å². The fourth-order valence-electron chi connectivity index (χ4n) is 9.78. The van der Waals surface area contributed by atoms with Crippen LogP contribution in [0.25, 0.3) is 0 Å². The number of ether oxygens (including phenoxy) is 1. The Bertz CT molecular complexity index is 1150. The SMILES string of the molecule is CCCCCCCC/C=C\CCCCCCCCCC(=O)OCCCCCCCCCCC/C=C\C/C=C\CCCCCCCCCCCC(=O)NC(CO)C(O)CCCCCCCCCCCCCC. The Balaban J connectivity index is 3.41. The number of carbonyl (C=O) groups is 2. The number of hydrogen-bond acceptors (Lipinski definition) is 5. The molecule has 3 N–H and O–H groups in total. The Hall–Kier alpha value is -1.92. The van der Waals surface area contributed by atoms with E-state index in [1.54, 1.807) is 0 Å². The highest BCUT2D eigenvalue weighted by atomic mass is 16.5. The smallest absolute Gasteiger partial charge is 0.305 e. The molecule has 6 heteroatoms. The molecule has 0 aromatic heterocycles. The van der Waals surface area contributed by atoms with Crippen LogP contribution in [0.2, 0.25) is 0 Å². The van der Waals surface area contributed by atoms with Crippen LogP contribution >= 0.6 is 0 Å². The number of unbranched alkanes of at least 4 members (excludes halogenated alkanes) is 42. The van der Waals surface area contributed by atoms with Crippen LogP contribution in [0.5, 0.6) is 0 Å². The first-order valence-electron chi connectivity index (χ1n) is 31.7. The van der Waals surface area contributed by atoms with Gasteiger partial charge in [-0.25, -0.2) is 0 Å². The van der Waals surface area contributed by atoms with Crippen molar-refractivity contribution in [1.29, 1.82) is 0 Å². The summed E-state index contributed by atoms with van der Waals surface area (Å²) in [4.78, 5) is 24.5. The lowest BCUT2D eigenvalue weighted by atomic mass is 10.0. The number of aliphatic hydroxyl groups is 2. The topological polar surface area (TPSA) is 95.9 Å². The van der Waals surface area contributed by atoms with Gasteiger partial charge < -0.3 is 20.3 Å². The molecule has 0 saturated heterocycles. The molecule has 1 amide bonds. The molecule has 0 aromatic carbocycles. The summed E-state index contributed by atoms with van der Waals surface area (Å²) in [5, 5.41) is 23.2. The monoisotopic (exact) mass is 998 g/mol. The Morgan fingerprint density at radius 3 is 1.08 bits per heavy atom. The number of nitrogens with one attached hydrogen (secondary N) is 1. The van der Waals surface area contributed by atoms with Gasteiger partial charge in [0.05, 0.1) is 25.4 Å². The summed E-state index contributed by atoms with van der Waals surface area (Å²) >= 11 is 0. The van der Waals surface area contributed by atoms with E-state index in [1.165, 1.54) is 257 Å². The normalized spacial score (nSPS) is 12.8. The van der Waals surface area contributed by atoms with Gasteiger partial charge in [-0.05, 0) is 83.5 Å². The summed E-state index contributed by atoms with van der Waals surface area (Å²) in [5.41, 5.74) is 0. The van der Waals surface area contributed by atoms with Crippen molar-refractivity contribution in [2.75, 3.05) is 13.2 Å². The van der Waals surface area contributed by atoms with Gasteiger partial charge in [-0.3, -0.25) is 9.59 Å². The average Bonchev–Trinajstić information content (AvgIpc) is 3.37. The molecule has 0 saturated carbocycles. The summed E-state index contributed by atoms with van der Waals surface area (Å²) in [6.07, 6.45) is 75.9. The second-order valence-electron chi connectivity index (χ2n) is 21.7. The standard InChI is InChI=1S/C65H123NO5/c1-3-5-7-9-11-13-15-17-18-28-32-35-39-43-47-51-55-59-65(70)71-60-56-52-48-44-40-36-33-30-27-25-23-21-19-20-22-24-26-29-31-34-38-42-46-50-54-58-64(69)66-62(61-67)63(68)57-53-49-45-41-37-16-14-12-10-8-6-4-2/h17-18,20-23,62-63,67-68H,3-16,19,24-61H2,1-2H3,(H,66,69)/b18-17-,22-20-,23-21-. The molecule has 0 radical (unpaired) electrons. The predicted octanol–water partition coefficient (Wildman–Crippen LogP) is 20.0. The molecule has 0 aromatic rings. The third-order valence-electron chi connectivity index (χ3n) is 14.7. The van der Waals surface area contributed by atoms with E-state index in [-0.39, 0.29) is 18.5 Å². The quantitative estimate of drug-likeness (QED) is 0.0321. The molecule has 0 fully saturated rings. The summed E-state index contributed by atoms with van der Waals surface area (Å²) in [6, 6.07) is -0.545. The Morgan fingerprint density at radius 1 is 0.394 bits per heavy atom. The van der Waals surface area contributed by atoms with E-state index < -0.39 is 12.1 Å². The minimum absolute atomic E-state index is 0.00574. The van der Waals surface area contributed by atoms with Crippen molar-refractivity contribution in [3.8, 4) is 0 Å². The van der Waals surface area contributed by atoms with Crippen molar-refractivity contribution >= 4 is 11.9 Å². The van der Waals surface area contributed by atoms with Crippen LogP contribution in [0.15, 0.2) is 36.5 Å². The highest BCUT2D eigenvalue weighted by molar-refractivity contribution is 5.76. The summed E-state index contributed by atoms with van der Waals surface area (Å²) in [6.45, 7) is 4.95. The lowest BCUT2D eigenvalue weighted by molar-refractivity contribution is -0.143. The number of amides is 1. The molecule has 0 spiro atoms. The van der Waals surface area contributed by atoms with E-state index in [9.17, 15) is 19.8 Å². The van der Waals surface area contributed by atoms with Crippen LogP contribution in [-0.4, -0.2) is 47.4 Å². The van der Waals surface area contributed by atoms with E-state index in [2.05, 4.69) is 55.6 Å². The van der Waals surface area contributed by atoms with Crippen molar-refractivity contribution in [3.05, 3.63) is 36.5 Å². The van der Waals surface area contributed by atoms with E-state index in [0.29, 0.717) is 25.9 Å². The van der Waals surface area contributed by atoms with Crippen molar-refractivity contribution in [2.24, 2.45) is 0 Å². The molecule has 2 atom stereocenters. The molecule has 6 nitrogen and oxygen atoms in total. The molecule has 0 heterocycles. The maximum atomic E-state index is 12.5. The number of allylic oxidation sites excluding steroid dienone is 6. The van der Waals surface area contributed by atoms with Gasteiger partial charge in [0.15, 0.2) is 0 Å². The van der Waals surface area contributed by atoms with E-state index >= 15 is 0 Å².